The van der Waals surface area contributed by atoms with E-state index < -0.39 is 5.82 Å². The second-order valence-corrected chi connectivity index (χ2v) is 4.64. The van der Waals surface area contributed by atoms with E-state index in [1.165, 1.54) is 19.2 Å². The summed E-state index contributed by atoms with van der Waals surface area (Å²) in [5, 5.41) is 0.0783. The van der Waals surface area contributed by atoms with Crippen LogP contribution in [0.15, 0.2) is 24.4 Å². The maximum atomic E-state index is 13.8. The Morgan fingerprint density at radius 1 is 1.42 bits per heavy atom. The van der Waals surface area contributed by atoms with Crippen molar-refractivity contribution in [2.24, 2.45) is 0 Å². The standard InChI is InChI=1S/C14H12ClFN2O/c1-8-11(9(2)19)7-17-13(18-8)6-10-4-3-5-12(15)14(10)16/h3-5,7H,6H2,1-2H3. The minimum atomic E-state index is -0.457. The maximum Gasteiger partial charge on any atom is 0.163 e. The van der Waals surface area contributed by atoms with Crippen molar-refractivity contribution >= 4 is 17.4 Å². The molecule has 0 spiro atoms. The van der Waals surface area contributed by atoms with Crippen molar-refractivity contribution in [2.45, 2.75) is 20.3 Å². The number of nitrogens with zero attached hydrogens (tertiary/aromatic N) is 2. The number of carbonyl (C=O) groups is 1. The molecule has 1 aromatic heterocycles. The highest BCUT2D eigenvalue weighted by atomic mass is 35.5. The highest BCUT2D eigenvalue weighted by Crippen LogP contribution is 2.19. The number of hydrogen-bond acceptors (Lipinski definition) is 3. The molecule has 0 amide bonds. The van der Waals surface area contributed by atoms with Crippen LogP contribution < -0.4 is 0 Å². The van der Waals surface area contributed by atoms with Gasteiger partial charge in [0.1, 0.15) is 11.6 Å². The van der Waals surface area contributed by atoms with Crippen LogP contribution in [0, 0.1) is 12.7 Å². The van der Waals surface area contributed by atoms with E-state index in [4.69, 9.17) is 11.6 Å². The lowest BCUT2D eigenvalue weighted by atomic mass is 10.1. The molecule has 0 aliphatic heterocycles. The van der Waals surface area contributed by atoms with Crippen molar-refractivity contribution in [3.05, 3.63) is 57.9 Å². The minimum absolute atomic E-state index is 0.0783. The Morgan fingerprint density at radius 3 is 2.79 bits per heavy atom. The molecule has 5 heteroatoms. The second-order valence-electron chi connectivity index (χ2n) is 4.23. The highest BCUT2D eigenvalue weighted by Gasteiger charge is 2.11. The van der Waals surface area contributed by atoms with Crippen molar-refractivity contribution in [1.29, 1.82) is 0 Å². The Morgan fingerprint density at radius 2 is 2.16 bits per heavy atom. The number of halogens is 2. The summed E-state index contributed by atoms with van der Waals surface area (Å²) in [6.45, 7) is 3.19. The van der Waals surface area contributed by atoms with Crippen LogP contribution in [0.25, 0.3) is 0 Å². The van der Waals surface area contributed by atoms with Crippen LogP contribution in [-0.4, -0.2) is 15.8 Å². The Bertz CT molecular complexity index is 643. The lowest BCUT2D eigenvalue weighted by molar-refractivity contribution is 0.101. The molecule has 1 heterocycles. The summed E-state index contributed by atoms with van der Waals surface area (Å²) >= 11 is 5.72. The monoisotopic (exact) mass is 278 g/mol. The van der Waals surface area contributed by atoms with Gasteiger partial charge in [0.2, 0.25) is 0 Å². The quantitative estimate of drug-likeness (QED) is 0.809. The molecule has 0 radical (unpaired) electrons. The Balaban J connectivity index is 2.32. The number of ketones is 1. The molecule has 98 valence electrons. The van der Waals surface area contributed by atoms with Gasteiger partial charge >= 0.3 is 0 Å². The molecule has 0 saturated carbocycles. The van der Waals surface area contributed by atoms with Gasteiger partial charge in [0.25, 0.3) is 0 Å². The first kappa shape index (κ1) is 13.6. The van der Waals surface area contributed by atoms with Gasteiger partial charge in [0.05, 0.1) is 16.3 Å². The number of Topliss-reactive ketones (excluding diaryl/α,β-unsaturated/α-hetero) is 1. The van der Waals surface area contributed by atoms with E-state index in [2.05, 4.69) is 9.97 Å². The number of aromatic nitrogens is 2. The van der Waals surface area contributed by atoms with Crippen LogP contribution in [0.4, 0.5) is 4.39 Å². The van der Waals surface area contributed by atoms with Gasteiger partial charge in [0.15, 0.2) is 5.78 Å². The zero-order valence-electron chi connectivity index (χ0n) is 10.6. The van der Waals surface area contributed by atoms with Gasteiger partial charge < -0.3 is 0 Å². The molecule has 19 heavy (non-hydrogen) atoms. The first-order chi connectivity index (χ1) is 8.99. The average molecular weight is 279 g/mol. The minimum Gasteiger partial charge on any atom is -0.294 e. The summed E-state index contributed by atoms with van der Waals surface area (Å²) in [7, 11) is 0. The van der Waals surface area contributed by atoms with Crippen LogP contribution in [0.2, 0.25) is 5.02 Å². The van der Waals surface area contributed by atoms with Crippen LogP contribution >= 0.6 is 11.6 Å². The summed E-state index contributed by atoms with van der Waals surface area (Å²) in [6, 6.07) is 4.81. The van der Waals surface area contributed by atoms with Crippen molar-refractivity contribution in [3.63, 3.8) is 0 Å². The Labute approximate surface area is 115 Å². The molecule has 1 aromatic carbocycles. The van der Waals surface area contributed by atoms with E-state index in [0.717, 1.165) is 0 Å². The molecule has 2 rings (SSSR count). The maximum absolute atomic E-state index is 13.8. The topological polar surface area (TPSA) is 42.9 Å². The number of hydrogen-bond donors (Lipinski definition) is 0. The molecule has 3 nitrogen and oxygen atoms in total. The fourth-order valence-corrected chi connectivity index (χ4v) is 2.00. The van der Waals surface area contributed by atoms with E-state index in [-0.39, 0.29) is 17.2 Å². The first-order valence-corrected chi connectivity index (χ1v) is 6.13. The van der Waals surface area contributed by atoms with Crippen molar-refractivity contribution in [2.75, 3.05) is 0 Å². The molecule has 0 saturated heterocycles. The predicted octanol–water partition coefficient (Wildman–Crippen LogP) is 3.37. The van der Waals surface area contributed by atoms with Gasteiger partial charge in [-0.1, -0.05) is 23.7 Å². The molecule has 2 aromatic rings. The van der Waals surface area contributed by atoms with Gasteiger partial charge in [-0.15, -0.1) is 0 Å². The van der Waals surface area contributed by atoms with E-state index in [0.29, 0.717) is 22.6 Å². The molecule has 0 N–H and O–H groups in total. The van der Waals surface area contributed by atoms with Crippen molar-refractivity contribution in [1.82, 2.24) is 9.97 Å². The van der Waals surface area contributed by atoms with E-state index in [9.17, 15) is 9.18 Å². The molecule has 0 unspecified atom stereocenters. The summed E-state index contributed by atoms with van der Waals surface area (Å²) in [5.74, 6) is -0.0808. The van der Waals surface area contributed by atoms with Gasteiger partial charge in [0, 0.05) is 12.6 Å². The first-order valence-electron chi connectivity index (χ1n) is 5.75. The van der Waals surface area contributed by atoms with Crippen LogP contribution in [0.5, 0.6) is 0 Å². The number of aryl methyl sites for hydroxylation is 1. The molecule has 0 aliphatic rings. The van der Waals surface area contributed by atoms with Gasteiger partial charge in [-0.3, -0.25) is 4.79 Å². The van der Waals surface area contributed by atoms with Gasteiger partial charge in [-0.05, 0) is 25.5 Å². The van der Waals surface area contributed by atoms with Crippen molar-refractivity contribution < 1.29 is 9.18 Å². The van der Waals surface area contributed by atoms with E-state index in [1.54, 1.807) is 19.1 Å². The van der Waals surface area contributed by atoms with E-state index in [1.807, 2.05) is 0 Å². The van der Waals surface area contributed by atoms with Gasteiger partial charge in [-0.2, -0.15) is 0 Å². The Hall–Kier alpha value is -1.81. The summed E-state index contributed by atoms with van der Waals surface area (Å²) in [4.78, 5) is 19.6. The molecular weight excluding hydrogens is 267 g/mol. The summed E-state index contributed by atoms with van der Waals surface area (Å²) < 4.78 is 13.8. The second kappa shape index (κ2) is 5.45. The fourth-order valence-electron chi connectivity index (χ4n) is 1.80. The van der Waals surface area contributed by atoms with Crippen LogP contribution in [0.3, 0.4) is 0 Å². The fraction of sp³-hybridized carbons (Fsp3) is 0.214. The average Bonchev–Trinajstić information content (AvgIpc) is 2.34. The SMILES string of the molecule is CC(=O)c1cnc(Cc2cccc(Cl)c2F)nc1C. The highest BCUT2D eigenvalue weighted by molar-refractivity contribution is 6.30. The van der Waals surface area contributed by atoms with Crippen LogP contribution in [-0.2, 0) is 6.42 Å². The number of carbonyl (C=O) groups excluding carboxylic acids is 1. The van der Waals surface area contributed by atoms with Gasteiger partial charge in [-0.25, -0.2) is 14.4 Å². The number of rotatable bonds is 3. The normalized spacial score (nSPS) is 10.5. The largest absolute Gasteiger partial charge is 0.294 e. The van der Waals surface area contributed by atoms with Crippen molar-refractivity contribution in [3.8, 4) is 0 Å². The summed E-state index contributed by atoms with van der Waals surface area (Å²) in [6.07, 6.45) is 1.72. The third kappa shape index (κ3) is 2.96. The third-order valence-electron chi connectivity index (χ3n) is 2.79. The lowest BCUT2D eigenvalue weighted by Gasteiger charge is -2.06. The molecule has 0 fully saturated rings. The molecular formula is C14H12ClFN2O. The third-order valence-corrected chi connectivity index (χ3v) is 3.08. The zero-order chi connectivity index (χ0) is 14.0. The van der Waals surface area contributed by atoms with E-state index >= 15 is 0 Å². The smallest absolute Gasteiger partial charge is 0.163 e. The van der Waals surface area contributed by atoms with Crippen LogP contribution in [0.1, 0.15) is 34.4 Å². The summed E-state index contributed by atoms with van der Waals surface area (Å²) in [5.41, 5.74) is 1.51. The molecule has 0 aliphatic carbocycles. The number of benzene rings is 1. The lowest BCUT2D eigenvalue weighted by Crippen LogP contribution is -2.05. The molecule has 0 bridgehead atoms. The zero-order valence-corrected chi connectivity index (χ0v) is 11.3. The Kier molecular flexibility index (Phi) is 3.90. The molecule has 0 atom stereocenters. The predicted molar refractivity (Wildman–Crippen MR) is 71.0 cm³/mol.